The lowest BCUT2D eigenvalue weighted by Crippen LogP contribution is -2.53. The minimum absolute atomic E-state index is 0.0180. The summed E-state index contributed by atoms with van der Waals surface area (Å²) < 4.78 is 5.44. The van der Waals surface area contributed by atoms with Crippen molar-refractivity contribution in [1.82, 2.24) is 31.6 Å². The Morgan fingerprint density at radius 2 is 1.49 bits per heavy atom. The van der Waals surface area contributed by atoms with Crippen LogP contribution in [0.4, 0.5) is 9.59 Å². The number of hydrogen-bond acceptors (Lipinski definition) is 8. The van der Waals surface area contributed by atoms with Gasteiger partial charge in [0.1, 0.15) is 12.6 Å². The zero-order valence-electron chi connectivity index (χ0n) is 24.5. The molecule has 0 fully saturated rings. The van der Waals surface area contributed by atoms with Crippen LogP contribution in [0.3, 0.4) is 0 Å². The zero-order valence-corrected chi connectivity index (χ0v) is 25.3. The van der Waals surface area contributed by atoms with Gasteiger partial charge in [-0.2, -0.15) is 0 Å². The van der Waals surface area contributed by atoms with Gasteiger partial charge in [-0.1, -0.05) is 60.7 Å². The van der Waals surface area contributed by atoms with Crippen LogP contribution in [0.1, 0.15) is 35.3 Å². The number of aromatic nitrogens is 1. The van der Waals surface area contributed by atoms with Crippen LogP contribution < -0.4 is 26.6 Å². The van der Waals surface area contributed by atoms with Gasteiger partial charge in [0.05, 0.1) is 17.0 Å². The summed E-state index contributed by atoms with van der Waals surface area (Å²) >= 11 is 1.42. The van der Waals surface area contributed by atoms with Crippen molar-refractivity contribution in [3.8, 4) is 0 Å². The van der Waals surface area contributed by atoms with Gasteiger partial charge in [0.2, 0.25) is 5.91 Å². The topological polar surface area (TPSA) is 154 Å². The molecule has 0 spiro atoms. The minimum Gasteiger partial charge on any atom is -0.444 e. The van der Waals surface area contributed by atoms with Crippen molar-refractivity contribution >= 4 is 29.4 Å². The van der Waals surface area contributed by atoms with Gasteiger partial charge >= 0.3 is 12.1 Å². The lowest BCUT2D eigenvalue weighted by Gasteiger charge is -2.26. The maximum absolute atomic E-state index is 13.4. The van der Waals surface area contributed by atoms with E-state index in [0.717, 1.165) is 16.0 Å². The highest BCUT2D eigenvalue weighted by Crippen LogP contribution is 2.14. The molecule has 0 aliphatic rings. The molecule has 0 saturated heterocycles. The predicted octanol–water partition coefficient (Wildman–Crippen LogP) is 2.76. The molecule has 1 aromatic heterocycles. The van der Waals surface area contributed by atoms with E-state index in [1.54, 1.807) is 11.7 Å². The predicted molar refractivity (Wildman–Crippen MR) is 167 cm³/mol. The van der Waals surface area contributed by atoms with Gasteiger partial charge in [-0.15, -0.1) is 11.3 Å². The molecule has 0 aliphatic carbocycles. The summed E-state index contributed by atoms with van der Waals surface area (Å²) in [6.45, 7) is 0.968. The van der Waals surface area contributed by atoms with Crippen molar-refractivity contribution in [2.24, 2.45) is 0 Å². The molecule has 0 bridgehead atoms. The fourth-order valence-electron chi connectivity index (χ4n) is 4.56. The molecule has 0 radical (unpaired) electrons. The third kappa shape index (κ3) is 13.2. The molecule has 3 aromatic rings. The highest BCUT2D eigenvalue weighted by Gasteiger charge is 2.24. The number of amides is 4. The van der Waals surface area contributed by atoms with Crippen molar-refractivity contribution in [1.29, 1.82) is 0 Å². The molecule has 0 unspecified atom stereocenters. The van der Waals surface area contributed by atoms with Crippen molar-refractivity contribution in [2.75, 3.05) is 26.7 Å². The van der Waals surface area contributed by atoms with Gasteiger partial charge in [-0.05, 0) is 49.8 Å². The zero-order chi connectivity index (χ0) is 30.7. The summed E-state index contributed by atoms with van der Waals surface area (Å²) in [5.74, 6) is -0.299. The molecule has 2 aromatic carbocycles. The number of thiazole rings is 1. The molecular formula is C31H42N6O5S. The molecular weight excluding hydrogens is 568 g/mol. The number of aliphatic hydroxyl groups excluding tert-OH is 1. The van der Waals surface area contributed by atoms with E-state index in [0.29, 0.717) is 45.2 Å². The summed E-state index contributed by atoms with van der Waals surface area (Å²) in [7, 11) is 1.49. The third-order valence-electron chi connectivity index (χ3n) is 6.76. The number of rotatable bonds is 18. The van der Waals surface area contributed by atoms with Crippen molar-refractivity contribution < 1.29 is 24.2 Å². The number of carbonyl (C=O) groups excluding carboxylic acids is 3. The molecule has 11 nitrogen and oxygen atoms in total. The first-order valence-corrected chi connectivity index (χ1v) is 15.3. The average Bonchev–Trinajstić information content (AvgIpc) is 3.55. The van der Waals surface area contributed by atoms with Crippen LogP contribution in [0.15, 0.2) is 72.4 Å². The molecule has 6 N–H and O–H groups in total. The van der Waals surface area contributed by atoms with Crippen molar-refractivity contribution in [3.05, 3.63) is 88.4 Å². The molecule has 0 saturated carbocycles. The maximum Gasteiger partial charge on any atom is 0.407 e. The number of nitrogens with one attached hydrogen (secondary N) is 5. The highest BCUT2D eigenvalue weighted by molar-refractivity contribution is 7.09. The maximum atomic E-state index is 13.4. The van der Waals surface area contributed by atoms with E-state index in [1.807, 2.05) is 60.7 Å². The second kappa shape index (κ2) is 19.2. The molecule has 43 heavy (non-hydrogen) atoms. The first-order valence-electron chi connectivity index (χ1n) is 14.5. The van der Waals surface area contributed by atoms with Crippen LogP contribution in [0, 0.1) is 0 Å². The first kappa shape index (κ1) is 33.5. The number of benzene rings is 2. The van der Waals surface area contributed by atoms with Crippen LogP contribution >= 0.6 is 11.3 Å². The summed E-state index contributed by atoms with van der Waals surface area (Å²) in [6.07, 6.45) is 3.84. The number of hydrogen-bond donors (Lipinski definition) is 6. The van der Waals surface area contributed by atoms with E-state index in [9.17, 15) is 14.4 Å². The Labute approximate surface area is 256 Å². The van der Waals surface area contributed by atoms with E-state index in [4.69, 9.17) is 9.84 Å². The number of urea groups is 1. The van der Waals surface area contributed by atoms with E-state index in [2.05, 4.69) is 31.6 Å². The molecule has 3 atom stereocenters. The summed E-state index contributed by atoms with van der Waals surface area (Å²) in [5.41, 5.74) is 3.82. The normalized spacial score (nSPS) is 12.9. The minimum atomic E-state index is -0.774. The fourth-order valence-corrected chi connectivity index (χ4v) is 5.07. The van der Waals surface area contributed by atoms with Gasteiger partial charge in [0.25, 0.3) is 0 Å². The van der Waals surface area contributed by atoms with Gasteiger partial charge < -0.3 is 36.4 Å². The summed E-state index contributed by atoms with van der Waals surface area (Å²) in [5, 5.41) is 23.5. The van der Waals surface area contributed by atoms with E-state index in [1.165, 1.54) is 18.4 Å². The third-order valence-corrected chi connectivity index (χ3v) is 7.51. The SMILES string of the molecule is CNC(=O)N[C@@H](CCNCCO)C(=O)N[C@H](CC[C@H](Cc1ccccc1)NC(=O)OCc1cncs1)Cc1ccccc1. The Kier molecular flexibility index (Phi) is 15.0. The molecule has 1 heterocycles. The summed E-state index contributed by atoms with van der Waals surface area (Å²) in [6, 6.07) is 18.0. The monoisotopic (exact) mass is 610 g/mol. The van der Waals surface area contributed by atoms with E-state index < -0.39 is 18.2 Å². The van der Waals surface area contributed by atoms with E-state index in [-0.39, 0.29) is 31.2 Å². The Morgan fingerprint density at radius 1 is 0.860 bits per heavy atom. The van der Waals surface area contributed by atoms with Gasteiger partial charge in [0.15, 0.2) is 0 Å². The molecule has 3 rings (SSSR count). The first-order chi connectivity index (χ1) is 21.0. The standard InChI is InChI=1S/C31H42N6O5S/c1-32-30(40)37-28(14-15-33-16-17-38)29(39)35-25(18-23-8-4-2-5-9-23)12-13-26(19-24-10-6-3-7-11-24)36-31(41)42-21-27-20-34-22-43-27/h2-11,20,22,25-26,28,33,38H,12-19,21H2,1H3,(H,35,39)(H,36,41)(H2,32,37,40)/t25-,26-,28+/m1/s1. The number of aliphatic hydroxyl groups is 1. The van der Waals surface area contributed by atoms with Crippen LogP contribution in [-0.2, 0) is 29.0 Å². The lowest BCUT2D eigenvalue weighted by atomic mass is 9.95. The highest BCUT2D eigenvalue weighted by atomic mass is 32.1. The molecule has 0 aliphatic heterocycles. The van der Waals surface area contributed by atoms with Crippen LogP contribution in [-0.4, -0.2) is 73.0 Å². The molecule has 12 heteroatoms. The van der Waals surface area contributed by atoms with Crippen LogP contribution in [0.2, 0.25) is 0 Å². The van der Waals surface area contributed by atoms with Crippen LogP contribution in [0.5, 0.6) is 0 Å². The quantitative estimate of drug-likeness (QED) is 0.121. The Morgan fingerprint density at radius 3 is 2.05 bits per heavy atom. The van der Waals surface area contributed by atoms with Gasteiger partial charge in [-0.3, -0.25) is 9.78 Å². The Hall–Kier alpha value is -4.00. The lowest BCUT2D eigenvalue weighted by molar-refractivity contribution is -0.123. The Bertz CT molecular complexity index is 1220. The smallest absolute Gasteiger partial charge is 0.407 e. The Balaban J connectivity index is 1.70. The van der Waals surface area contributed by atoms with Crippen molar-refractivity contribution in [2.45, 2.75) is 56.8 Å². The van der Waals surface area contributed by atoms with E-state index >= 15 is 0 Å². The largest absolute Gasteiger partial charge is 0.444 e. The van der Waals surface area contributed by atoms with Gasteiger partial charge in [-0.25, -0.2) is 9.59 Å². The average molecular weight is 611 g/mol. The van der Waals surface area contributed by atoms with Crippen LogP contribution in [0.25, 0.3) is 0 Å². The second-order valence-electron chi connectivity index (χ2n) is 10.1. The molecule has 4 amide bonds. The van der Waals surface area contributed by atoms with Gasteiger partial charge in [0, 0.05) is 31.9 Å². The number of ether oxygens (including phenoxy) is 1. The second-order valence-corrected chi connectivity index (χ2v) is 11.1. The number of alkyl carbamates (subject to hydrolysis) is 1. The number of carbonyl (C=O) groups is 3. The summed E-state index contributed by atoms with van der Waals surface area (Å²) in [4.78, 5) is 43.1. The van der Waals surface area contributed by atoms with Crippen molar-refractivity contribution in [3.63, 3.8) is 0 Å². The molecule has 232 valence electrons. The fraction of sp³-hybridized carbons (Fsp3) is 0.419. The number of nitrogens with zero attached hydrogens (tertiary/aromatic N) is 1.